The van der Waals surface area contributed by atoms with Crippen molar-refractivity contribution >= 4 is 33.6 Å². The molecule has 0 bridgehead atoms. The minimum Gasteiger partial charge on any atom is -0.478 e. The molecule has 186 valence electrons. The SMILES string of the molecule is CNC(=O)N1CCC(CC(C(=O)Nc2ccc(C(=O)O)cn2)c2ccc(S(=O)(=O)C3CC3)cc2)C1. The Morgan fingerprint density at radius 2 is 1.83 bits per heavy atom. The van der Waals surface area contributed by atoms with E-state index in [9.17, 15) is 22.8 Å². The number of aromatic nitrogens is 1. The van der Waals surface area contributed by atoms with Crippen LogP contribution in [0, 0.1) is 5.92 Å². The molecule has 0 spiro atoms. The molecule has 11 heteroatoms. The van der Waals surface area contributed by atoms with Crippen molar-refractivity contribution in [3.8, 4) is 0 Å². The summed E-state index contributed by atoms with van der Waals surface area (Å²) in [7, 11) is -1.76. The number of anilines is 1. The molecule has 1 aromatic carbocycles. The lowest BCUT2D eigenvalue weighted by Crippen LogP contribution is -2.36. The molecule has 4 rings (SSSR count). The Bertz CT molecular complexity index is 1210. The van der Waals surface area contributed by atoms with Crippen LogP contribution in [0.2, 0.25) is 0 Å². The zero-order chi connectivity index (χ0) is 25.2. The number of amides is 3. The normalized spacial score (nSPS) is 18.7. The zero-order valence-electron chi connectivity index (χ0n) is 19.3. The van der Waals surface area contributed by atoms with E-state index in [1.165, 1.54) is 18.3 Å². The smallest absolute Gasteiger partial charge is 0.337 e. The van der Waals surface area contributed by atoms with Gasteiger partial charge >= 0.3 is 12.0 Å². The number of carboxylic acids is 1. The molecular weight excluding hydrogens is 472 g/mol. The van der Waals surface area contributed by atoms with Gasteiger partial charge in [-0.25, -0.2) is 23.0 Å². The molecule has 35 heavy (non-hydrogen) atoms. The van der Waals surface area contributed by atoms with Gasteiger partial charge in [-0.05, 0) is 61.4 Å². The second-order valence-corrected chi connectivity index (χ2v) is 11.2. The first-order valence-electron chi connectivity index (χ1n) is 11.5. The molecule has 2 aliphatic rings. The summed E-state index contributed by atoms with van der Waals surface area (Å²) in [5.74, 6) is -1.76. The lowest BCUT2D eigenvalue weighted by atomic mass is 9.87. The number of likely N-dealkylation sites (tertiary alicyclic amines) is 1. The number of aromatic carboxylic acids is 1. The lowest BCUT2D eigenvalue weighted by molar-refractivity contribution is -0.118. The van der Waals surface area contributed by atoms with E-state index in [0.717, 1.165) is 6.42 Å². The van der Waals surface area contributed by atoms with Gasteiger partial charge < -0.3 is 20.6 Å². The highest BCUT2D eigenvalue weighted by Gasteiger charge is 2.37. The van der Waals surface area contributed by atoms with Crippen LogP contribution < -0.4 is 10.6 Å². The van der Waals surface area contributed by atoms with E-state index >= 15 is 0 Å². The number of hydrogen-bond donors (Lipinski definition) is 3. The quantitative estimate of drug-likeness (QED) is 0.505. The van der Waals surface area contributed by atoms with Crippen LogP contribution in [0.1, 0.15) is 47.5 Å². The predicted molar refractivity (Wildman–Crippen MR) is 128 cm³/mol. The molecule has 1 saturated carbocycles. The second-order valence-electron chi connectivity index (χ2n) is 8.98. The lowest BCUT2D eigenvalue weighted by Gasteiger charge is -2.21. The van der Waals surface area contributed by atoms with Gasteiger partial charge in [0.15, 0.2) is 9.84 Å². The van der Waals surface area contributed by atoms with Crippen LogP contribution in [0.25, 0.3) is 0 Å². The summed E-state index contributed by atoms with van der Waals surface area (Å²) in [5.41, 5.74) is 0.671. The number of rotatable bonds is 8. The van der Waals surface area contributed by atoms with Crippen molar-refractivity contribution in [2.24, 2.45) is 5.92 Å². The summed E-state index contributed by atoms with van der Waals surface area (Å²) in [4.78, 5) is 42.3. The number of hydrogen-bond acceptors (Lipinski definition) is 6. The zero-order valence-corrected chi connectivity index (χ0v) is 20.1. The van der Waals surface area contributed by atoms with Gasteiger partial charge in [0.05, 0.1) is 21.6 Å². The summed E-state index contributed by atoms with van der Waals surface area (Å²) in [6, 6.07) is 9.06. The minimum atomic E-state index is -3.34. The first kappa shape index (κ1) is 24.6. The monoisotopic (exact) mass is 500 g/mol. The van der Waals surface area contributed by atoms with Crippen molar-refractivity contribution in [2.75, 3.05) is 25.5 Å². The van der Waals surface area contributed by atoms with Gasteiger partial charge in [0.2, 0.25) is 5.91 Å². The van der Waals surface area contributed by atoms with Crippen LogP contribution in [-0.4, -0.2) is 66.7 Å². The largest absolute Gasteiger partial charge is 0.478 e. The number of benzene rings is 1. The van der Waals surface area contributed by atoms with Crippen LogP contribution in [0.3, 0.4) is 0 Å². The molecule has 1 saturated heterocycles. The number of nitrogens with one attached hydrogen (secondary N) is 2. The highest BCUT2D eigenvalue weighted by molar-refractivity contribution is 7.92. The average molecular weight is 501 g/mol. The minimum absolute atomic E-state index is 0.00672. The van der Waals surface area contributed by atoms with Crippen LogP contribution in [-0.2, 0) is 14.6 Å². The molecule has 3 amide bonds. The van der Waals surface area contributed by atoms with E-state index in [4.69, 9.17) is 5.11 Å². The van der Waals surface area contributed by atoms with Crippen LogP contribution >= 0.6 is 0 Å². The molecule has 10 nitrogen and oxygen atoms in total. The van der Waals surface area contributed by atoms with Gasteiger partial charge in [-0.3, -0.25) is 4.79 Å². The third-order valence-corrected chi connectivity index (χ3v) is 8.79. The van der Waals surface area contributed by atoms with E-state index in [2.05, 4.69) is 15.6 Å². The first-order valence-corrected chi connectivity index (χ1v) is 13.0. The van der Waals surface area contributed by atoms with Crippen molar-refractivity contribution in [3.05, 3.63) is 53.7 Å². The van der Waals surface area contributed by atoms with Crippen LogP contribution in [0.5, 0.6) is 0 Å². The maximum Gasteiger partial charge on any atom is 0.337 e. The molecule has 1 aromatic heterocycles. The number of nitrogens with zero attached hydrogens (tertiary/aromatic N) is 2. The number of carbonyl (C=O) groups excluding carboxylic acids is 2. The summed E-state index contributed by atoms with van der Waals surface area (Å²) in [6.45, 7) is 1.11. The van der Waals surface area contributed by atoms with Crippen molar-refractivity contribution in [1.29, 1.82) is 0 Å². The van der Waals surface area contributed by atoms with Crippen molar-refractivity contribution in [1.82, 2.24) is 15.2 Å². The number of urea groups is 1. The van der Waals surface area contributed by atoms with Crippen molar-refractivity contribution < 1.29 is 27.9 Å². The molecule has 1 aliphatic heterocycles. The van der Waals surface area contributed by atoms with Gasteiger partial charge in [-0.1, -0.05) is 12.1 Å². The highest BCUT2D eigenvalue weighted by Crippen LogP contribution is 2.35. The van der Waals surface area contributed by atoms with Gasteiger partial charge in [-0.2, -0.15) is 0 Å². The predicted octanol–water partition coefficient (Wildman–Crippen LogP) is 2.49. The molecule has 2 heterocycles. The third kappa shape index (κ3) is 5.61. The van der Waals surface area contributed by atoms with E-state index in [-0.39, 0.29) is 39.4 Å². The summed E-state index contributed by atoms with van der Waals surface area (Å²) in [5, 5.41) is 14.1. The Morgan fingerprint density at radius 1 is 1.11 bits per heavy atom. The van der Waals surface area contributed by atoms with Gasteiger partial charge in [0, 0.05) is 26.3 Å². The second kappa shape index (κ2) is 10.0. The number of carboxylic acid groups (broad SMARTS) is 1. The van der Waals surface area contributed by atoms with Crippen molar-refractivity contribution in [3.63, 3.8) is 0 Å². The van der Waals surface area contributed by atoms with E-state index in [0.29, 0.717) is 37.9 Å². The molecule has 2 fully saturated rings. The Balaban J connectivity index is 1.54. The number of pyridine rings is 1. The third-order valence-electron chi connectivity index (χ3n) is 6.51. The van der Waals surface area contributed by atoms with Crippen LogP contribution in [0.15, 0.2) is 47.5 Å². The molecule has 2 atom stereocenters. The molecule has 2 unspecified atom stereocenters. The molecule has 3 N–H and O–H groups in total. The molecular formula is C24H28N4O6S. The highest BCUT2D eigenvalue weighted by atomic mass is 32.2. The number of carbonyl (C=O) groups is 3. The van der Waals surface area contributed by atoms with Gasteiger partial charge in [0.1, 0.15) is 5.82 Å². The molecule has 0 radical (unpaired) electrons. The maximum absolute atomic E-state index is 13.3. The van der Waals surface area contributed by atoms with Gasteiger partial charge in [0.25, 0.3) is 0 Å². The fourth-order valence-electron chi connectivity index (χ4n) is 4.36. The Labute approximate surface area is 203 Å². The summed E-state index contributed by atoms with van der Waals surface area (Å²) < 4.78 is 25.1. The Morgan fingerprint density at radius 3 is 2.40 bits per heavy atom. The van der Waals surface area contributed by atoms with Gasteiger partial charge in [-0.15, -0.1) is 0 Å². The fourth-order valence-corrected chi connectivity index (χ4v) is 6.02. The summed E-state index contributed by atoms with van der Waals surface area (Å²) in [6.07, 6.45) is 3.72. The standard InChI is InChI=1S/C24H28N4O6S/c1-25-24(32)28-11-10-15(14-28)12-20(22(29)27-21-9-4-17(13-26-21)23(30)31)16-2-5-18(6-3-16)35(33,34)19-7-8-19/h2-6,9,13,15,19-20H,7-8,10-12,14H2,1H3,(H,25,32)(H,30,31)(H,26,27,29). The topological polar surface area (TPSA) is 146 Å². The van der Waals surface area contributed by atoms with Crippen LogP contribution in [0.4, 0.5) is 10.6 Å². The maximum atomic E-state index is 13.3. The van der Waals surface area contributed by atoms with E-state index in [1.54, 1.807) is 36.2 Å². The Hall–Kier alpha value is -3.47. The average Bonchev–Trinajstić information content (AvgIpc) is 3.62. The summed E-state index contributed by atoms with van der Waals surface area (Å²) >= 11 is 0. The van der Waals surface area contributed by atoms with E-state index < -0.39 is 21.7 Å². The number of sulfone groups is 1. The molecule has 1 aliphatic carbocycles. The Kier molecular flexibility index (Phi) is 7.06. The molecule has 2 aromatic rings. The fraction of sp³-hybridized carbons (Fsp3) is 0.417. The first-order chi connectivity index (χ1) is 16.7. The van der Waals surface area contributed by atoms with E-state index in [1.807, 2.05) is 0 Å². The van der Waals surface area contributed by atoms with Crippen molar-refractivity contribution in [2.45, 2.75) is 41.7 Å².